The molecule has 0 radical (unpaired) electrons. The van der Waals surface area contributed by atoms with Crippen molar-refractivity contribution in [2.75, 3.05) is 60.8 Å². The van der Waals surface area contributed by atoms with E-state index < -0.39 is 36.3 Å². The maximum absolute atomic E-state index is 15.0. The Balaban J connectivity index is 0.818. The topological polar surface area (TPSA) is 166 Å². The molecule has 0 bridgehead atoms. The third-order valence-corrected chi connectivity index (χ3v) is 16.2. The standard InChI is InChI=1S/C48H45Cl2N4O10P/c1-28-10-12-29(13-11-28)24-62-44(57)51-14-16-52(17-15-51)45(58)63-38-18-36-40(34-8-4-2-6-32(34)38)30(20-49)22-53(36)42(55)46-25-47(27-48(46,47)26-46)43(56)54-23-31(21-50)41-35-9-5-3-7-33(35)39(19-37(41)54)64-65(59,60)61/h2-13,18-19,30-31H,14-17,20-27H2,1H3,(H2,59,60,61). The molecule has 3 aliphatic heterocycles. The molecular weight excluding hydrogens is 894 g/mol. The summed E-state index contributed by atoms with van der Waals surface area (Å²) in [6, 6.07) is 25.8. The van der Waals surface area contributed by atoms with E-state index in [9.17, 15) is 33.5 Å². The minimum absolute atomic E-state index is 0.0262. The minimum atomic E-state index is -4.94. The van der Waals surface area contributed by atoms with Crippen LogP contribution in [0, 0.1) is 23.2 Å². The summed E-state index contributed by atoms with van der Waals surface area (Å²) in [4.78, 5) is 82.6. The van der Waals surface area contributed by atoms with Crippen LogP contribution < -0.4 is 19.1 Å². The molecule has 3 saturated carbocycles. The van der Waals surface area contributed by atoms with E-state index in [1.807, 2.05) is 67.6 Å². The average molecular weight is 940 g/mol. The van der Waals surface area contributed by atoms with Crippen molar-refractivity contribution in [3.63, 3.8) is 0 Å². The summed E-state index contributed by atoms with van der Waals surface area (Å²) in [5.41, 5.74) is 2.89. The molecule has 5 atom stereocenters. The number of aryl methyl sites for hydroxylation is 1. The monoisotopic (exact) mass is 938 g/mol. The second-order valence-corrected chi connectivity index (χ2v) is 20.3. The van der Waals surface area contributed by atoms with Gasteiger partial charge in [0.25, 0.3) is 0 Å². The molecule has 5 aromatic rings. The van der Waals surface area contributed by atoms with Gasteiger partial charge >= 0.3 is 20.0 Å². The molecule has 2 N–H and O–H groups in total. The Morgan fingerprint density at radius 1 is 0.677 bits per heavy atom. The van der Waals surface area contributed by atoms with Crippen LogP contribution in [0.5, 0.6) is 11.5 Å². The van der Waals surface area contributed by atoms with Crippen molar-refractivity contribution in [3.8, 4) is 11.5 Å². The van der Waals surface area contributed by atoms with Gasteiger partial charge in [-0.05, 0) is 53.6 Å². The SMILES string of the molecule is Cc1ccc(COC(=O)N2CCN(C(=O)Oc3cc4c(c5ccccc35)C(CCl)CN4C(=O)C34CC5(C(=O)N6CC(CCl)c7c6cc(OP(=O)(O)O)c6ccccc76)CC35C4)CC2)cc1. The smallest absolute Gasteiger partial charge is 0.445 e. The van der Waals surface area contributed by atoms with Gasteiger partial charge in [-0.1, -0.05) is 78.4 Å². The number of alkyl halides is 2. The Bertz CT molecular complexity index is 2920. The number of halogens is 2. The molecule has 3 aliphatic carbocycles. The molecule has 4 amide bonds. The summed E-state index contributed by atoms with van der Waals surface area (Å²) in [6.07, 6.45) is 0.470. The Morgan fingerprint density at radius 2 is 1.15 bits per heavy atom. The molecule has 14 nitrogen and oxygen atoms in total. The fourth-order valence-corrected chi connectivity index (χ4v) is 12.7. The first-order valence-corrected chi connectivity index (χ1v) is 24.4. The second-order valence-electron chi connectivity index (χ2n) is 18.5. The van der Waals surface area contributed by atoms with Gasteiger partial charge in [0.15, 0.2) is 0 Å². The second kappa shape index (κ2) is 15.1. The maximum atomic E-state index is 15.0. The lowest BCUT2D eigenvalue weighted by molar-refractivity contribution is -0.134. The first kappa shape index (κ1) is 42.3. The zero-order valence-electron chi connectivity index (χ0n) is 35.4. The molecule has 4 fully saturated rings. The lowest BCUT2D eigenvalue weighted by Gasteiger charge is -2.37. The highest BCUT2D eigenvalue weighted by Gasteiger charge is 3.01. The zero-order chi connectivity index (χ0) is 45.2. The molecular formula is C48H45Cl2N4O10P. The lowest BCUT2D eigenvalue weighted by atomic mass is 9.72. The average Bonchev–Trinajstić information content (AvgIpc) is 3.81. The summed E-state index contributed by atoms with van der Waals surface area (Å²) in [6.45, 7) is 3.84. The van der Waals surface area contributed by atoms with Gasteiger partial charge in [-0.2, -0.15) is 0 Å². The van der Waals surface area contributed by atoms with Crippen LogP contribution in [0.3, 0.4) is 0 Å². The number of rotatable bonds is 9. The Kier molecular flexibility index (Phi) is 9.81. The molecule has 6 aliphatic rings. The van der Waals surface area contributed by atoms with E-state index in [-0.39, 0.29) is 73.9 Å². The molecule has 17 heteroatoms. The number of carbonyl (C=O) groups is 4. The molecule has 5 aromatic carbocycles. The number of phosphoric acid groups is 1. The van der Waals surface area contributed by atoms with E-state index in [0.717, 1.165) is 27.6 Å². The van der Waals surface area contributed by atoms with Crippen molar-refractivity contribution >= 4 is 87.9 Å². The highest BCUT2D eigenvalue weighted by Crippen LogP contribution is 3.01. The van der Waals surface area contributed by atoms with Crippen LogP contribution in [0.4, 0.5) is 21.0 Å². The summed E-state index contributed by atoms with van der Waals surface area (Å²) >= 11 is 13.2. The minimum Gasteiger partial charge on any atom is -0.445 e. The van der Waals surface area contributed by atoms with Gasteiger partial charge in [-0.25, -0.2) is 14.2 Å². The molecule has 0 aromatic heterocycles. The van der Waals surface area contributed by atoms with Gasteiger partial charge in [-0.3, -0.25) is 19.4 Å². The van der Waals surface area contributed by atoms with Crippen LogP contribution in [0.1, 0.15) is 53.4 Å². The Morgan fingerprint density at radius 3 is 1.65 bits per heavy atom. The van der Waals surface area contributed by atoms with Crippen molar-refractivity contribution in [1.29, 1.82) is 0 Å². The first-order valence-electron chi connectivity index (χ1n) is 21.8. The van der Waals surface area contributed by atoms with Gasteiger partial charge in [0.05, 0.1) is 22.2 Å². The Labute approximate surface area is 384 Å². The van der Waals surface area contributed by atoms with E-state index in [1.54, 1.807) is 37.8 Å². The fourth-order valence-electron chi connectivity index (χ4n) is 11.8. The predicted octanol–water partition coefficient (Wildman–Crippen LogP) is 8.43. The van der Waals surface area contributed by atoms with Crippen molar-refractivity contribution < 1.29 is 47.5 Å². The van der Waals surface area contributed by atoms with Gasteiger partial charge in [0, 0.05) is 91.2 Å². The van der Waals surface area contributed by atoms with E-state index in [0.29, 0.717) is 65.6 Å². The van der Waals surface area contributed by atoms with Gasteiger partial charge in [0.1, 0.15) is 18.1 Å². The van der Waals surface area contributed by atoms with Crippen molar-refractivity contribution in [1.82, 2.24) is 9.80 Å². The van der Waals surface area contributed by atoms with Gasteiger partial charge < -0.3 is 33.6 Å². The van der Waals surface area contributed by atoms with Crippen LogP contribution >= 0.6 is 31.0 Å². The normalized spacial score (nSPS) is 25.9. The largest absolute Gasteiger partial charge is 0.524 e. The van der Waals surface area contributed by atoms with Crippen LogP contribution in [0.25, 0.3) is 21.5 Å². The van der Waals surface area contributed by atoms with Crippen LogP contribution in [0.15, 0.2) is 84.9 Å². The number of phosphoric ester groups is 1. The molecule has 1 saturated heterocycles. The van der Waals surface area contributed by atoms with Gasteiger partial charge in [0.2, 0.25) is 11.8 Å². The lowest BCUT2D eigenvalue weighted by Crippen LogP contribution is -2.51. The summed E-state index contributed by atoms with van der Waals surface area (Å²) in [5, 5.41) is 2.75. The quantitative estimate of drug-likeness (QED) is 0.108. The molecule has 5 unspecified atom stereocenters. The van der Waals surface area contributed by atoms with Gasteiger partial charge in [-0.15, -0.1) is 23.2 Å². The predicted molar refractivity (Wildman–Crippen MR) is 244 cm³/mol. The van der Waals surface area contributed by atoms with Crippen molar-refractivity contribution in [2.24, 2.45) is 16.2 Å². The van der Waals surface area contributed by atoms with E-state index in [1.165, 1.54) is 6.07 Å². The van der Waals surface area contributed by atoms with Crippen molar-refractivity contribution in [3.05, 3.63) is 107 Å². The van der Waals surface area contributed by atoms with Crippen LogP contribution in [-0.2, 0) is 25.5 Å². The number of hydrogen-bond acceptors (Lipinski definition) is 8. The number of hydrogen-bond donors (Lipinski definition) is 2. The maximum Gasteiger partial charge on any atom is 0.524 e. The number of carbonyl (C=O) groups excluding carboxylic acids is 4. The number of anilines is 2. The first-order chi connectivity index (χ1) is 31.2. The van der Waals surface area contributed by atoms with Crippen LogP contribution in [-0.4, -0.2) is 94.6 Å². The summed E-state index contributed by atoms with van der Waals surface area (Å²) < 4.78 is 28.9. The number of nitrogens with zero attached hydrogens (tertiary/aromatic N) is 4. The number of piperazine rings is 1. The fraction of sp³-hybridized carbons (Fsp3) is 0.375. The number of amides is 4. The zero-order valence-corrected chi connectivity index (χ0v) is 37.8. The molecule has 11 rings (SSSR count). The number of fused-ring (bicyclic) bond motifs is 6. The summed E-state index contributed by atoms with van der Waals surface area (Å²) in [7, 11) is -4.94. The highest BCUT2D eigenvalue weighted by molar-refractivity contribution is 7.46. The number of ether oxygens (including phenoxy) is 2. The Hall–Kier alpha value is -5.37. The third-order valence-electron chi connectivity index (χ3n) is 15.0. The molecule has 65 heavy (non-hydrogen) atoms. The number of benzene rings is 5. The molecule has 3 heterocycles. The molecule has 1 spiro atoms. The van der Waals surface area contributed by atoms with E-state index >= 15 is 0 Å². The highest BCUT2D eigenvalue weighted by atomic mass is 35.5. The van der Waals surface area contributed by atoms with Crippen LogP contribution in [0.2, 0.25) is 0 Å². The van der Waals surface area contributed by atoms with E-state index in [2.05, 4.69) is 0 Å². The summed E-state index contributed by atoms with van der Waals surface area (Å²) in [5.74, 6) is 0.161. The molecule has 336 valence electrons. The van der Waals surface area contributed by atoms with E-state index in [4.69, 9.17) is 37.2 Å². The van der Waals surface area contributed by atoms with Crippen molar-refractivity contribution in [2.45, 2.75) is 44.6 Å². The third kappa shape index (κ3) is 6.46.